The van der Waals surface area contributed by atoms with Gasteiger partial charge in [-0.15, -0.1) is 0 Å². The van der Waals surface area contributed by atoms with Crippen molar-refractivity contribution in [2.24, 2.45) is 0 Å². The van der Waals surface area contributed by atoms with E-state index in [0.717, 1.165) is 77.0 Å². The van der Waals surface area contributed by atoms with Crippen LogP contribution in [0.1, 0.15) is 123 Å². The first-order chi connectivity index (χ1) is 24.7. The van der Waals surface area contributed by atoms with Crippen molar-refractivity contribution in [2.45, 2.75) is 135 Å². The Morgan fingerprint density at radius 2 is 1.10 bits per heavy atom. The molecule has 0 aromatic carbocycles. The molecule has 0 fully saturated rings. The standard InChI is InChI=1S/C41H65O9P/c1-3-5-7-8-9-10-11-12-13-14-19-22-25-28-31-35-41(44)50-39(37-49-51(45,46)47)36-48-40(43)34-30-27-24-21-18-16-15-17-20-23-26-29-33-38(42)32-6-4-2/h5,7,9-10,12-13,15-16,19-24,29,33,38-39,42H,3-4,6,8,11,14,17-18,25-28,30-32,34-37H2,1-2H3,(H2,45,46,47)/b7-5-,10-9-,13-12-,16-15-,22-19-,23-20-,24-21-,33-29-/t38-,39+/m0/s1. The quantitative estimate of drug-likeness (QED) is 0.0267. The van der Waals surface area contributed by atoms with Gasteiger partial charge in [0.1, 0.15) is 6.61 Å². The molecule has 0 radical (unpaired) electrons. The fourth-order valence-electron chi connectivity index (χ4n) is 4.37. The summed E-state index contributed by atoms with van der Waals surface area (Å²) in [4.78, 5) is 42.7. The number of carbonyl (C=O) groups is 2. The van der Waals surface area contributed by atoms with E-state index in [4.69, 9.17) is 19.3 Å². The van der Waals surface area contributed by atoms with E-state index in [0.29, 0.717) is 19.3 Å². The molecule has 288 valence electrons. The number of phosphoric acid groups is 1. The van der Waals surface area contributed by atoms with Gasteiger partial charge in [0, 0.05) is 12.8 Å². The van der Waals surface area contributed by atoms with E-state index < -0.39 is 32.5 Å². The van der Waals surface area contributed by atoms with E-state index in [9.17, 15) is 19.3 Å². The summed E-state index contributed by atoms with van der Waals surface area (Å²) in [5, 5.41) is 9.78. The Morgan fingerprint density at radius 1 is 0.608 bits per heavy atom. The molecule has 2 atom stereocenters. The summed E-state index contributed by atoms with van der Waals surface area (Å²) in [6, 6.07) is 0. The molecule has 3 N–H and O–H groups in total. The second kappa shape index (κ2) is 35.3. The Bertz CT molecular complexity index is 1160. The fourth-order valence-corrected chi connectivity index (χ4v) is 4.73. The van der Waals surface area contributed by atoms with Crippen LogP contribution in [0.15, 0.2) is 97.2 Å². The van der Waals surface area contributed by atoms with Crippen molar-refractivity contribution in [3.05, 3.63) is 97.2 Å². The molecular weight excluding hydrogens is 667 g/mol. The molecular formula is C41H65O9P. The number of unbranched alkanes of at least 4 members (excludes halogenated alkanes) is 4. The number of carbonyl (C=O) groups excluding carboxylic acids is 2. The van der Waals surface area contributed by atoms with Crippen molar-refractivity contribution in [2.75, 3.05) is 13.2 Å². The first-order valence-electron chi connectivity index (χ1n) is 18.6. The molecule has 0 aromatic rings. The molecule has 0 rings (SSSR count). The molecule has 0 saturated heterocycles. The van der Waals surface area contributed by atoms with Crippen LogP contribution in [0.4, 0.5) is 0 Å². The monoisotopic (exact) mass is 732 g/mol. The van der Waals surface area contributed by atoms with Crippen molar-refractivity contribution in [3.8, 4) is 0 Å². The summed E-state index contributed by atoms with van der Waals surface area (Å²) < 4.78 is 26.2. The number of hydrogen-bond acceptors (Lipinski definition) is 7. The van der Waals surface area contributed by atoms with Gasteiger partial charge in [-0.05, 0) is 83.5 Å². The van der Waals surface area contributed by atoms with Gasteiger partial charge in [-0.25, -0.2) is 4.57 Å². The zero-order valence-electron chi connectivity index (χ0n) is 31.1. The smallest absolute Gasteiger partial charge is 0.462 e. The number of phosphoric ester groups is 1. The van der Waals surface area contributed by atoms with Crippen LogP contribution in [0.3, 0.4) is 0 Å². The second-order valence-corrected chi connectivity index (χ2v) is 13.2. The van der Waals surface area contributed by atoms with Crippen LogP contribution in [0.5, 0.6) is 0 Å². The Kier molecular flexibility index (Phi) is 33.2. The maximum Gasteiger partial charge on any atom is 0.469 e. The summed E-state index contributed by atoms with van der Waals surface area (Å²) in [5.41, 5.74) is 0. The van der Waals surface area contributed by atoms with Gasteiger partial charge in [0.2, 0.25) is 0 Å². The average Bonchev–Trinajstić information content (AvgIpc) is 3.09. The van der Waals surface area contributed by atoms with Crippen LogP contribution in [0, 0.1) is 0 Å². The van der Waals surface area contributed by atoms with Crippen molar-refractivity contribution < 1.29 is 43.0 Å². The van der Waals surface area contributed by atoms with Gasteiger partial charge in [-0.1, -0.05) is 124 Å². The molecule has 51 heavy (non-hydrogen) atoms. The van der Waals surface area contributed by atoms with E-state index >= 15 is 0 Å². The van der Waals surface area contributed by atoms with E-state index in [1.54, 1.807) is 0 Å². The number of hydrogen-bond donors (Lipinski definition) is 3. The summed E-state index contributed by atoms with van der Waals surface area (Å²) in [6.07, 6.45) is 44.7. The molecule has 0 unspecified atom stereocenters. The lowest BCUT2D eigenvalue weighted by molar-refractivity contribution is -0.161. The third-order valence-corrected chi connectivity index (χ3v) is 7.64. The number of esters is 2. The predicted octanol–water partition coefficient (Wildman–Crippen LogP) is 10.0. The molecule has 0 bridgehead atoms. The second-order valence-electron chi connectivity index (χ2n) is 12.0. The van der Waals surface area contributed by atoms with Gasteiger partial charge < -0.3 is 24.4 Å². The Labute approximate surface area is 307 Å². The van der Waals surface area contributed by atoms with E-state index in [-0.39, 0.29) is 25.6 Å². The minimum absolute atomic E-state index is 0.134. The number of ether oxygens (including phenoxy) is 2. The van der Waals surface area contributed by atoms with Crippen molar-refractivity contribution in [3.63, 3.8) is 0 Å². The zero-order chi connectivity index (χ0) is 37.7. The van der Waals surface area contributed by atoms with Gasteiger partial charge in [0.05, 0.1) is 12.7 Å². The largest absolute Gasteiger partial charge is 0.469 e. The number of aliphatic hydroxyl groups is 1. The average molecular weight is 733 g/mol. The topological polar surface area (TPSA) is 140 Å². The summed E-state index contributed by atoms with van der Waals surface area (Å²) >= 11 is 0. The van der Waals surface area contributed by atoms with Crippen LogP contribution in [0.25, 0.3) is 0 Å². The van der Waals surface area contributed by atoms with E-state index in [2.05, 4.69) is 91.3 Å². The summed E-state index contributed by atoms with van der Waals surface area (Å²) in [6.45, 7) is 3.30. The molecule has 0 heterocycles. The van der Waals surface area contributed by atoms with Gasteiger partial charge in [0.25, 0.3) is 0 Å². The van der Waals surface area contributed by atoms with Crippen LogP contribution in [-0.2, 0) is 28.2 Å². The summed E-state index contributed by atoms with van der Waals surface area (Å²) in [7, 11) is -4.79. The lowest BCUT2D eigenvalue weighted by atomic mass is 10.1. The molecule has 0 aliphatic heterocycles. The zero-order valence-corrected chi connectivity index (χ0v) is 32.0. The minimum Gasteiger partial charge on any atom is -0.462 e. The first-order valence-corrected chi connectivity index (χ1v) is 20.2. The molecule has 0 spiro atoms. The van der Waals surface area contributed by atoms with E-state index in [1.165, 1.54) is 0 Å². The molecule has 0 aliphatic rings. The van der Waals surface area contributed by atoms with Crippen LogP contribution in [0.2, 0.25) is 0 Å². The highest BCUT2D eigenvalue weighted by Crippen LogP contribution is 2.35. The molecule has 10 heteroatoms. The van der Waals surface area contributed by atoms with Crippen LogP contribution < -0.4 is 0 Å². The molecule has 0 aliphatic carbocycles. The molecule has 9 nitrogen and oxygen atoms in total. The third kappa shape index (κ3) is 38.0. The Balaban J connectivity index is 4.20. The van der Waals surface area contributed by atoms with Gasteiger partial charge in [-0.3, -0.25) is 14.1 Å². The van der Waals surface area contributed by atoms with Crippen LogP contribution >= 0.6 is 7.82 Å². The van der Waals surface area contributed by atoms with E-state index in [1.807, 2.05) is 24.3 Å². The number of aliphatic hydroxyl groups excluding tert-OH is 1. The van der Waals surface area contributed by atoms with Gasteiger partial charge in [0.15, 0.2) is 6.10 Å². The van der Waals surface area contributed by atoms with Crippen LogP contribution in [-0.4, -0.2) is 52.3 Å². The molecule has 0 amide bonds. The highest BCUT2D eigenvalue weighted by molar-refractivity contribution is 7.46. The highest BCUT2D eigenvalue weighted by Gasteiger charge is 2.22. The SMILES string of the molecule is CC/C=C\C/C=C\C/C=C\C/C=C\CCCCC(=O)O[C@H](COC(=O)CCC/C=C\C/C=C\C/C=C\C/C=C\[C@@H](O)CCCC)COP(=O)(O)O. The third-order valence-electron chi connectivity index (χ3n) is 7.16. The molecule has 0 saturated carbocycles. The summed E-state index contributed by atoms with van der Waals surface area (Å²) in [5.74, 6) is -1.03. The lowest BCUT2D eigenvalue weighted by Gasteiger charge is -2.18. The van der Waals surface area contributed by atoms with Gasteiger partial charge in [-0.2, -0.15) is 0 Å². The Hall–Kier alpha value is -3.07. The minimum atomic E-state index is -4.79. The fraction of sp³-hybridized carbons (Fsp3) is 0.561. The number of rotatable bonds is 32. The lowest BCUT2D eigenvalue weighted by Crippen LogP contribution is -2.29. The van der Waals surface area contributed by atoms with Crippen molar-refractivity contribution in [1.82, 2.24) is 0 Å². The van der Waals surface area contributed by atoms with Gasteiger partial charge >= 0.3 is 19.8 Å². The Morgan fingerprint density at radius 3 is 1.63 bits per heavy atom. The van der Waals surface area contributed by atoms with Crippen molar-refractivity contribution in [1.29, 1.82) is 0 Å². The highest BCUT2D eigenvalue weighted by atomic mass is 31.2. The maximum absolute atomic E-state index is 12.3. The molecule has 0 aromatic heterocycles. The predicted molar refractivity (Wildman–Crippen MR) is 208 cm³/mol. The first kappa shape index (κ1) is 47.9. The normalized spacial score (nSPS) is 14.2. The van der Waals surface area contributed by atoms with Crippen molar-refractivity contribution >= 4 is 19.8 Å². The maximum atomic E-state index is 12.3. The number of allylic oxidation sites excluding steroid dienone is 15.